The van der Waals surface area contributed by atoms with Crippen LogP contribution in [0.15, 0.2) is 47.4 Å². The Kier molecular flexibility index (Phi) is 5.70. The normalized spacial score (nSPS) is 10.0. The molecule has 0 aliphatic carbocycles. The van der Waals surface area contributed by atoms with Crippen LogP contribution >= 0.6 is 11.9 Å². The Balaban J connectivity index is 2.11. The molecule has 0 amide bonds. The van der Waals surface area contributed by atoms with E-state index in [1.54, 1.807) is 7.11 Å². The van der Waals surface area contributed by atoms with Gasteiger partial charge < -0.3 is 10.5 Å². The first-order chi connectivity index (χ1) is 10.2. The van der Waals surface area contributed by atoms with Gasteiger partial charge in [-0.3, -0.25) is 5.14 Å². The number of ether oxygens (including phenoxy) is 1. The zero-order valence-electron chi connectivity index (χ0n) is 11.9. The molecule has 0 saturated carbocycles. The third-order valence-electron chi connectivity index (χ3n) is 3.05. The second kappa shape index (κ2) is 7.75. The van der Waals surface area contributed by atoms with Crippen LogP contribution in [0.25, 0.3) is 0 Å². The summed E-state index contributed by atoms with van der Waals surface area (Å²) in [6, 6.07) is 13.8. The number of nitrogens with two attached hydrogens (primary N) is 2. The largest absolute Gasteiger partial charge is 0.398 e. The van der Waals surface area contributed by atoms with Gasteiger partial charge in [0.15, 0.2) is 0 Å². The summed E-state index contributed by atoms with van der Waals surface area (Å²) >= 11 is 1.18. The Labute approximate surface area is 129 Å². The van der Waals surface area contributed by atoms with Crippen molar-refractivity contribution in [2.45, 2.75) is 11.3 Å². The van der Waals surface area contributed by atoms with Gasteiger partial charge in [-0.05, 0) is 54.3 Å². The van der Waals surface area contributed by atoms with Gasteiger partial charge in [0, 0.05) is 28.8 Å². The molecular weight excluding hydrogens is 280 g/mol. The van der Waals surface area contributed by atoms with Crippen molar-refractivity contribution in [2.75, 3.05) is 19.5 Å². The van der Waals surface area contributed by atoms with Crippen LogP contribution in [0.3, 0.4) is 0 Å². The maximum absolute atomic E-state index is 5.95. The number of nitrogen functional groups attached to an aromatic ring is 1. The van der Waals surface area contributed by atoms with Gasteiger partial charge in [-0.15, -0.1) is 0 Å². The molecular formula is C17H18N2OS. The number of rotatable bonds is 4. The zero-order chi connectivity index (χ0) is 15.1. The summed E-state index contributed by atoms with van der Waals surface area (Å²) in [5, 5.41) is 5.50. The summed E-state index contributed by atoms with van der Waals surface area (Å²) in [6.45, 7) is 0.729. The number of benzene rings is 2. The van der Waals surface area contributed by atoms with E-state index in [4.69, 9.17) is 15.6 Å². The Morgan fingerprint density at radius 3 is 2.48 bits per heavy atom. The molecule has 3 nitrogen and oxygen atoms in total. The molecule has 21 heavy (non-hydrogen) atoms. The van der Waals surface area contributed by atoms with Gasteiger partial charge in [-0.2, -0.15) is 0 Å². The van der Waals surface area contributed by atoms with Gasteiger partial charge in [0.05, 0.1) is 6.61 Å². The molecule has 0 radical (unpaired) electrons. The fourth-order valence-corrected chi connectivity index (χ4v) is 2.18. The van der Waals surface area contributed by atoms with Gasteiger partial charge in [-0.25, -0.2) is 0 Å². The summed E-state index contributed by atoms with van der Waals surface area (Å²) in [5.74, 6) is 6.22. The third kappa shape index (κ3) is 4.54. The van der Waals surface area contributed by atoms with Gasteiger partial charge in [-0.1, -0.05) is 24.0 Å². The quantitative estimate of drug-likeness (QED) is 0.517. The van der Waals surface area contributed by atoms with E-state index in [1.807, 2.05) is 30.3 Å². The van der Waals surface area contributed by atoms with Crippen LogP contribution < -0.4 is 10.9 Å². The molecule has 0 heterocycles. The highest BCUT2D eigenvalue weighted by atomic mass is 32.2. The van der Waals surface area contributed by atoms with Crippen molar-refractivity contribution in [1.29, 1.82) is 0 Å². The van der Waals surface area contributed by atoms with Crippen molar-refractivity contribution in [3.05, 3.63) is 59.2 Å². The Morgan fingerprint density at radius 2 is 1.86 bits per heavy atom. The summed E-state index contributed by atoms with van der Waals surface area (Å²) in [5.41, 5.74) is 9.63. The maximum atomic E-state index is 5.95. The highest BCUT2D eigenvalue weighted by Gasteiger charge is 1.98. The predicted molar refractivity (Wildman–Crippen MR) is 88.9 cm³/mol. The lowest BCUT2D eigenvalue weighted by atomic mass is 10.1. The SMILES string of the molecule is COCCc1ccc(C#Cc2ccc(SN)cc2N)cc1. The Morgan fingerprint density at radius 1 is 1.10 bits per heavy atom. The molecule has 0 saturated heterocycles. The second-order valence-corrected chi connectivity index (χ2v) is 5.26. The van der Waals surface area contributed by atoms with Crippen molar-refractivity contribution in [2.24, 2.45) is 5.14 Å². The van der Waals surface area contributed by atoms with Crippen LogP contribution in [0.5, 0.6) is 0 Å². The van der Waals surface area contributed by atoms with Crippen LogP contribution in [0, 0.1) is 11.8 Å². The van der Waals surface area contributed by atoms with Crippen LogP contribution in [-0.4, -0.2) is 13.7 Å². The smallest absolute Gasteiger partial charge is 0.0502 e. The molecule has 4 heteroatoms. The molecule has 0 bridgehead atoms. The van der Waals surface area contributed by atoms with Crippen LogP contribution in [0.1, 0.15) is 16.7 Å². The van der Waals surface area contributed by atoms with E-state index in [0.717, 1.165) is 29.1 Å². The lowest BCUT2D eigenvalue weighted by molar-refractivity contribution is 0.202. The van der Waals surface area contributed by atoms with E-state index in [1.165, 1.54) is 17.5 Å². The minimum atomic E-state index is 0.648. The monoisotopic (exact) mass is 298 g/mol. The first kappa shape index (κ1) is 15.5. The lowest BCUT2D eigenvalue weighted by Crippen LogP contribution is -1.94. The summed E-state index contributed by atoms with van der Waals surface area (Å²) < 4.78 is 5.06. The number of hydrogen-bond donors (Lipinski definition) is 2. The molecule has 0 unspecified atom stereocenters. The van der Waals surface area contributed by atoms with Crippen LogP contribution in [0.4, 0.5) is 5.69 Å². The highest BCUT2D eigenvalue weighted by molar-refractivity contribution is 7.97. The Bertz CT molecular complexity index is 657. The summed E-state index contributed by atoms with van der Waals surface area (Å²) in [7, 11) is 1.71. The number of anilines is 1. The molecule has 2 aromatic carbocycles. The average Bonchev–Trinajstić information content (AvgIpc) is 2.52. The second-order valence-electron chi connectivity index (χ2n) is 4.56. The molecule has 2 rings (SSSR count). The first-order valence-corrected chi connectivity index (χ1v) is 7.47. The van der Waals surface area contributed by atoms with E-state index in [2.05, 4.69) is 24.0 Å². The summed E-state index contributed by atoms with van der Waals surface area (Å²) in [6.07, 6.45) is 0.912. The average molecular weight is 298 g/mol. The standard InChI is InChI=1S/C17H18N2OS/c1-20-11-10-14-4-2-13(3-5-14)6-7-15-8-9-16(21-19)12-17(15)18/h2-5,8-9,12H,10-11,18-19H2,1H3. The predicted octanol–water partition coefficient (Wildman–Crippen LogP) is 2.82. The van der Waals surface area contributed by atoms with E-state index >= 15 is 0 Å². The minimum absolute atomic E-state index is 0.648. The van der Waals surface area contributed by atoms with E-state index in [-0.39, 0.29) is 0 Å². The van der Waals surface area contributed by atoms with E-state index < -0.39 is 0 Å². The minimum Gasteiger partial charge on any atom is -0.398 e. The Hall–Kier alpha value is -1.93. The van der Waals surface area contributed by atoms with Crippen LogP contribution in [0.2, 0.25) is 0 Å². The summed E-state index contributed by atoms with van der Waals surface area (Å²) in [4.78, 5) is 0.931. The van der Waals surface area contributed by atoms with E-state index in [9.17, 15) is 0 Å². The fourth-order valence-electron chi connectivity index (χ4n) is 1.84. The first-order valence-electron chi connectivity index (χ1n) is 6.59. The molecule has 0 spiro atoms. The van der Waals surface area contributed by atoms with Gasteiger partial charge in [0.2, 0.25) is 0 Å². The van der Waals surface area contributed by atoms with Crippen molar-refractivity contribution in [1.82, 2.24) is 0 Å². The molecule has 0 atom stereocenters. The fraction of sp³-hybridized carbons (Fsp3) is 0.176. The molecule has 0 aliphatic rings. The maximum Gasteiger partial charge on any atom is 0.0502 e. The third-order valence-corrected chi connectivity index (χ3v) is 3.58. The van der Waals surface area contributed by atoms with Crippen LogP contribution in [-0.2, 0) is 11.2 Å². The van der Waals surface area contributed by atoms with Crippen molar-refractivity contribution >= 4 is 17.6 Å². The van der Waals surface area contributed by atoms with Gasteiger partial charge >= 0.3 is 0 Å². The molecule has 0 aromatic heterocycles. The lowest BCUT2D eigenvalue weighted by Gasteiger charge is -2.01. The van der Waals surface area contributed by atoms with E-state index in [0.29, 0.717) is 5.69 Å². The topological polar surface area (TPSA) is 61.3 Å². The molecule has 2 aromatic rings. The molecule has 108 valence electrons. The number of methoxy groups -OCH3 is 1. The zero-order valence-corrected chi connectivity index (χ0v) is 12.7. The van der Waals surface area contributed by atoms with Crippen molar-refractivity contribution < 1.29 is 4.74 Å². The number of hydrogen-bond acceptors (Lipinski definition) is 4. The molecule has 4 N–H and O–H groups in total. The molecule has 0 fully saturated rings. The molecule has 0 aliphatic heterocycles. The van der Waals surface area contributed by atoms with Gasteiger partial charge in [0.1, 0.15) is 0 Å². The van der Waals surface area contributed by atoms with Crippen molar-refractivity contribution in [3.8, 4) is 11.8 Å². The van der Waals surface area contributed by atoms with Crippen molar-refractivity contribution in [3.63, 3.8) is 0 Å². The highest BCUT2D eigenvalue weighted by Crippen LogP contribution is 2.19. The van der Waals surface area contributed by atoms with Gasteiger partial charge in [0.25, 0.3) is 0 Å².